The first-order valence-corrected chi connectivity index (χ1v) is 3.01. The molecule has 1 aliphatic heterocycles. The molecule has 0 atom stereocenters. The molecule has 9 heavy (non-hydrogen) atoms. The lowest BCUT2D eigenvalue weighted by molar-refractivity contribution is -0.149. The molecule has 1 N–H and O–H groups in total. The van der Waals surface area contributed by atoms with Crippen LogP contribution in [0.1, 0.15) is 13.8 Å². The van der Waals surface area contributed by atoms with Crippen molar-refractivity contribution in [3.63, 3.8) is 0 Å². The summed E-state index contributed by atoms with van der Waals surface area (Å²) in [6.45, 7) is 4.82. The molecule has 52 valence electrons. The van der Waals surface area contributed by atoms with E-state index < -0.39 is 0 Å². The Hall–Kier alpha value is -0.570. The first-order chi connectivity index (χ1) is 4.10. The lowest BCUT2D eigenvalue weighted by Crippen LogP contribution is -2.51. The molecule has 0 aromatic heterocycles. The number of esters is 1. The Morgan fingerprint density at radius 3 is 2.67 bits per heavy atom. The molecule has 0 unspecified atom stereocenters. The van der Waals surface area contributed by atoms with Crippen LogP contribution < -0.4 is 5.32 Å². The monoisotopic (exact) mass is 129 g/mol. The Balaban J connectivity index is 2.44. The molecule has 0 saturated carbocycles. The van der Waals surface area contributed by atoms with Crippen LogP contribution in [-0.4, -0.2) is 24.7 Å². The van der Waals surface area contributed by atoms with Crippen molar-refractivity contribution in [1.82, 2.24) is 5.32 Å². The molecule has 0 spiro atoms. The van der Waals surface area contributed by atoms with Crippen LogP contribution in [0.3, 0.4) is 0 Å². The van der Waals surface area contributed by atoms with Crippen LogP contribution in [0.4, 0.5) is 0 Å². The van der Waals surface area contributed by atoms with Gasteiger partial charge in [0.1, 0.15) is 6.61 Å². The van der Waals surface area contributed by atoms with Crippen LogP contribution in [0.15, 0.2) is 0 Å². The maximum atomic E-state index is 10.5. The van der Waals surface area contributed by atoms with E-state index in [1.54, 1.807) is 0 Å². The van der Waals surface area contributed by atoms with Gasteiger partial charge in [0.2, 0.25) is 0 Å². The van der Waals surface area contributed by atoms with Crippen molar-refractivity contribution in [2.45, 2.75) is 19.4 Å². The van der Waals surface area contributed by atoms with Gasteiger partial charge in [-0.25, -0.2) is 0 Å². The number of carbonyl (C=O) groups is 1. The summed E-state index contributed by atoms with van der Waals surface area (Å²) in [4.78, 5) is 10.5. The Labute approximate surface area is 54.4 Å². The van der Waals surface area contributed by atoms with E-state index in [0.717, 1.165) is 0 Å². The first kappa shape index (κ1) is 6.55. The third kappa shape index (κ3) is 1.68. The maximum absolute atomic E-state index is 10.5. The molecule has 0 aromatic carbocycles. The SMILES string of the molecule is CC1(C)COC(=O)CN1. The summed E-state index contributed by atoms with van der Waals surface area (Å²) in [5.74, 6) is -0.158. The van der Waals surface area contributed by atoms with Crippen molar-refractivity contribution in [3.8, 4) is 0 Å². The fourth-order valence-electron chi connectivity index (χ4n) is 0.674. The summed E-state index contributed by atoms with van der Waals surface area (Å²) in [6.07, 6.45) is 0. The van der Waals surface area contributed by atoms with Gasteiger partial charge in [-0.3, -0.25) is 10.1 Å². The molecule has 1 fully saturated rings. The number of hydrogen-bond donors (Lipinski definition) is 1. The van der Waals surface area contributed by atoms with Crippen LogP contribution in [-0.2, 0) is 9.53 Å². The highest BCUT2D eigenvalue weighted by Gasteiger charge is 2.25. The summed E-state index contributed by atoms with van der Waals surface area (Å²) >= 11 is 0. The third-order valence-electron chi connectivity index (χ3n) is 1.31. The fraction of sp³-hybridized carbons (Fsp3) is 0.833. The number of nitrogens with one attached hydrogen (secondary N) is 1. The Bertz CT molecular complexity index is 119. The van der Waals surface area contributed by atoms with Gasteiger partial charge in [-0.05, 0) is 13.8 Å². The van der Waals surface area contributed by atoms with Gasteiger partial charge in [-0.2, -0.15) is 0 Å². The Morgan fingerprint density at radius 1 is 1.67 bits per heavy atom. The maximum Gasteiger partial charge on any atom is 0.320 e. The van der Waals surface area contributed by atoms with Gasteiger partial charge in [0.15, 0.2) is 0 Å². The lowest BCUT2D eigenvalue weighted by Gasteiger charge is -2.29. The summed E-state index contributed by atoms with van der Waals surface area (Å²) in [5.41, 5.74) is -0.0338. The van der Waals surface area contributed by atoms with E-state index in [-0.39, 0.29) is 11.5 Å². The molecule has 0 aliphatic carbocycles. The summed E-state index contributed by atoms with van der Waals surface area (Å²) in [6, 6.07) is 0. The number of carbonyl (C=O) groups excluding carboxylic acids is 1. The van der Waals surface area contributed by atoms with Gasteiger partial charge >= 0.3 is 5.97 Å². The normalized spacial score (nSPS) is 25.3. The van der Waals surface area contributed by atoms with Gasteiger partial charge < -0.3 is 4.74 Å². The van der Waals surface area contributed by atoms with Crippen molar-refractivity contribution in [2.75, 3.05) is 13.2 Å². The van der Waals surface area contributed by atoms with Crippen molar-refractivity contribution >= 4 is 5.97 Å². The highest BCUT2D eigenvalue weighted by Crippen LogP contribution is 2.05. The number of cyclic esters (lactones) is 1. The molecular weight excluding hydrogens is 118 g/mol. The summed E-state index contributed by atoms with van der Waals surface area (Å²) in [5, 5.41) is 3.03. The number of ether oxygens (including phenoxy) is 1. The molecule has 0 radical (unpaired) electrons. The quantitative estimate of drug-likeness (QED) is 0.464. The predicted molar refractivity (Wildman–Crippen MR) is 33.0 cm³/mol. The molecule has 1 saturated heterocycles. The van der Waals surface area contributed by atoms with E-state index in [1.807, 2.05) is 13.8 Å². The van der Waals surface area contributed by atoms with E-state index in [1.165, 1.54) is 0 Å². The number of hydrogen-bond acceptors (Lipinski definition) is 3. The molecular formula is C6H11NO2. The van der Waals surface area contributed by atoms with Crippen LogP contribution in [0.25, 0.3) is 0 Å². The van der Waals surface area contributed by atoms with Gasteiger partial charge in [-0.1, -0.05) is 0 Å². The molecule has 0 bridgehead atoms. The van der Waals surface area contributed by atoms with Crippen molar-refractivity contribution in [1.29, 1.82) is 0 Å². The second-order valence-electron chi connectivity index (χ2n) is 2.90. The Kier molecular flexibility index (Phi) is 1.45. The first-order valence-electron chi connectivity index (χ1n) is 3.01. The predicted octanol–water partition coefficient (Wildman–Crippen LogP) is -0.0886. The van der Waals surface area contributed by atoms with E-state index in [9.17, 15) is 4.79 Å². The summed E-state index contributed by atoms with van der Waals surface area (Å²) < 4.78 is 4.79. The van der Waals surface area contributed by atoms with Crippen LogP contribution in [0.2, 0.25) is 0 Å². The Morgan fingerprint density at radius 2 is 2.33 bits per heavy atom. The third-order valence-corrected chi connectivity index (χ3v) is 1.31. The zero-order chi connectivity index (χ0) is 6.91. The van der Waals surface area contributed by atoms with Gasteiger partial charge in [0.05, 0.1) is 6.54 Å². The van der Waals surface area contributed by atoms with Gasteiger partial charge in [0, 0.05) is 5.54 Å². The van der Waals surface area contributed by atoms with Crippen LogP contribution in [0, 0.1) is 0 Å². The minimum absolute atomic E-state index is 0.0338. The fourth-order valence-corrected chi connectivity index (χ4v) is 0.674. The highest BCUT2D eigenvalue weighted by molar-refractivity contribution is 5.72. The lowest BCUT2D eigenvalue weighted by atomic mass is 10.1. The summed E-state index contributed by atoms with van der Waals surface area (Å²) in [7, 11) is 0. The second kappa shape index (κ2) is 1.99. The second-order valence-corrected chi connectivity index (χ2v) is 2.90. The number of morpholine rings is 1. The molecule has 0 aromatic rings. The smallest absolute Gasteiger partial charge is 0.320 e. The highest BCUT2D eigenvalue weighted by atomic mass is 16.5. The van der Waals surface area contributed by atoms with Crippen LogP contribution in [0.5, 0.6) is 0 Å². The molecule has 1 aliphatic rings. The van der Waals surface area contributed by atoms with Crippen molar-refractivity contribution < 1.29 is 9.53 Å². The molecule has 0 amide bonds. The standard InChI is InChI=1S/C6H11NO2/c1-6(2)4-9-5(8)3-7-6/h7H,3-4H2,1-2H3. The minimum Gasteiger partial charge on any atom is -0.463 e. The molecule has 1 rings (SSSR count). The molecule has 1 heterocycles. The largest absolute Gasteiger partial charge is 0.463 e. The zero-order valence-corrected chi connectivity index (χ0v) is 5.73. The van der Waals surface area contributed by atoms with E-state index in [4.69, 9.17) is 4.74 Å². The van der Waals surface area contributed by atoms with E-state index in [0.29, 0.717) is 13.2 Å². The zero-order valence-electron chi connectivity index (χ0n) is 5.73. The van der Waals surface area contributed by atoms with Crippen molar-refractivity contribution in [2.24, 2.45) is 0 Å². The van der Waals surface area contributed by atoms with Gasteiger partial charge in [-0.15, -0.1) is 0 Å². The van der Waals surface area contributed by atoms with E-state index >= 15 is 0 Å². The average Bonchev–Trinajstić information content (AvgIpc) is 1.78. The van der Waals surface area contributed by atoms with Gasteiger partial charge in [0.25, 0.3) is 0 Å². The molecule has 3 heteroatoms. The van der Waals surface area contributed by atoms with Crippen LogP contribution >= 0.6 is 0 Å². The van der Waals surface area contributed by atoms with Crippen molar-refractivity contribution in [3.05, 3.63) is 0 Å². The topological polar surface area (TPSA) is 38.3 Å². The van der Waals surface area contributed by atoms with E-state index in [2.05, 4.69) is 5.32 Å². The number of rotatable bonds is 0. The molecule has 3 nitrogen and oxygen atoms in total. The minimum atomic E-state index is -0.158. The average molecular weight is 129 g/mol.